The molecule has 7 nitrogen and oxygen atoms in total. The second-order valence-electron chi connectivity index (χ2n) is 9.30. The minimum absolute atomic E-state index is 0.0290. The van der Waals surface area contributed by atoms with E-state index in [0.29, 0.717) is 16.3 Å². The van der Waals surface area contributed by atoms with Crippen molar-refractivity contribution in [3.63, 3.8) is 0 Å². The van der Waals surface area contributed by atoms with Crippen molar-refractivity contribution in [2.75, 3.05) is 10.7 Å². The van der Waals surface area contributed by atoms with Crippen molar-refractivity contribution in [3.05, 3.63) is 93.8 Å². The highest BCUT2D eigenvalue weighted by atomic mass is 32.2. The fraction of sp³-hybridized carbons (Fsp3) is 0.214. The number of rotatable bonds is 4. The number of carbonyl (C=O) groups excluding carboxylic acids is 1. The van der Waals surface area contributed by atoms with Crippen LogP contribution in [0.5, 0.6) is 0 Å². The summed E-state index contributed by atoms with van der Waals surface area (Å²) in [6.45, 7) is 6.05. The van der Waals surface area contributed by atoms with E-state index in [1.807, 2.05) is 83.8 Å². The molecule has 0 saturated carbocycles. The van der Waals surface area contributed by atoms with Gasteiger partial charge in [0.15, 0.2) is 5.16 Å². The summed E-state index contributed by atoms with van der Waals surface area (Å²) in [7, 11) is 0. The molecule has 1 amide bonds. The Labute approximate surface area is 212 Å². The van der Waals surface area contributed by atoms with Crippen LogP contribution in [0.4, 0.5) is 5.69 Å². The number of nitrogens with zero attached hydrogens (tertiary/aromatic N) is 5. The molecule has 3 aromatic carbocycles. The number of para-hydroxylation sites is 2. The first-order valence-corrected chi connectivity index (χ1v) is 12.9. The van der Waals surface area contributed by atoms with Crippen molar-refractivity contribution >= 4 is 40.0 Å². The molecule has 0 radical (unpaired) electrons. The average Bonchev–Trinajstić information content (AvgIpc) is 3.45. The predicted octanol–water partition coefficient (Wildman–Crippen LogP) is 4.72. The van der Waals surface area contributed by atoms with Crippen molar-refractivity contribution in [2.24, 2.45) is 0 Å². The molecule has 0 aliphatic carbocycles. The lowest BCUT2D eigenvalue weighted by atomic mass is 10.1. The van der Waals surface area contributed by atoms with Gasteiger partial charge in [-0.25, -0.2) is 4.57 Å². The Bertz CT molecular complexity index is 1720. The molecule has 5 aromatic rings. The third-order valence-electron chi connectivity index (χ3n) is 6.80. The van der Waals surface area contributed by atoms with Gasteiger partial charge in [0.05, 0.1) is 22.3 Å². The number of anilines is 1. The molecule has 1 atom stereocenters. The molecule has 1 unspecified atom stereocenters. The van der Waals surface area contributed by atoms with Crippen LogP contribution in [0.15, 0.2) is 76.7 Å². The first kappa shape index (κ1) is 22.5. The van der Waals surface area contributed by atoms with Crippen molar-refractivity contribution < 1.29 is 4.79 Å². The van der Waals surface area contributed by atoms with Crippen LogP contribution in [0.25, 0.3) is 22.4 Å². The Morgan fingerprint density at radius 1 is 1.00 bits per heavy atom. The number of fused-ring (bicyclic) bond motifs is 4. The van der Waals surface area contributed by atoms with Crippen LogP contribution in [0, 0.1) is 13.8 Å². The van der Waals surface area contributed by atoms with E-state index in [0.717, 1.165) is 34.4 Å². The number of thioether (sulfide) groups is 1. The van der Waals surface area contributed by atoms with E-state index in [4.69, 9.17) is 0 Å². The summed E-state index contributed by atoms with van der Waals surface area (Å²) < 4.78 is 3.51. The van der Waals surface area contributed by atoms with E-state index in [1.54, 1.807) is 4.57 Å². The zero-order chi connectivity index (χ0) is 25.0. The fourth-order valence-corrected chi connectivity index (χ4v) is 5.89. The summed E-state index contributed by atoms with van der Waals surface area (Å²) in [6, 6.07) is 21.7. The van der Waals surface area contributed by atoms with Crippen LogP contribution >= 0.6 is 11.8 Å². The van der Waals surface area contributed by atoms with Gasteiger partial charge in [-0.2, -0.15) is 0 Å². The molecule has 0 saturated heterocycles. The molecule has 3 heterocycles. The Balaban J connectivity index is 1.44. The lowest BCUT2D eigenvalue weighted by Crippen LogP contribution is -2.37. The zero-order valence-corrected chi connectivity index (χ0v) is 21.1. The van der Waals surface area contributed by atoms with Gasteiger partial charge in [0.2, 0.25) is 11.7 Å². The summed E-state index contributed by atoms with van der Waals surface area (Å²) in [5.74, 6) is 0.680. The quantitative estimate of drug-likeness (QED) is 0.338. The summed E-state index contributed by atoms with van der Waals surface area (Å²) in [4.78, 5) is 28.8. The summed E-state index contributed by atoms with van der Waals surface area (Å²) in [6.07, 6.45) is 0.854. The summed E-state index contributed by atoms with van der Waals surface area (Å²) in [5, 5.41) is 10.0. The van der Waals surface area contributed by atoms with Gasteiger partial charge in [0.25, 0.3) is 5.56 Å². The lowest BCUT2D eigenvalue weighted by molar-refractivity contribution is -0.116. The highest BCUT2D eigenvalue weighted by molar-refractivity contribution is 7.99. The third-order valence-corrected chi connectivity index (χ3v) is 7.71. The van der Waals surface area contributed by atoms with Gasteiger partial charge in [0, 0.05) is 11.7 Å². The molecule has 8 heteroatoms. The lowest BCUT2D eigenvalue weighted by Gasteiger charge is -2.22. The zero-order valence-electron chi connectivity index (χ0n) is 20.3. The molecular weight excluding hydrogens is 470 g/mol. The highest BCUT2D eigenvalue weighted by Gasteiger charge is 2.31. The van der Waals surface area contributed by atoms with Gasteiger partial charge in [-0.15, -0.1) is 10.2 Å². The van der Waals surface area contributed by atoms with Gasteiger partial charge >= 0.3 is 0 Å². The van der Waals surface area contributed by atoms with Crippen molar-refractivity contribution in [1.29, 1.82) is 0 Å². The van der Waals surface area contributed by atoms with Crippen LogP contribution in [0.3, 0.4) is 0 Å². The van der Waals surface area contributed by atoms with Gasteiger partial charge < -0.3 is 4.90 Å². The molecule has 2 aromatic heterocycles. The SMILES string of the molecule is Cc1ccc(C)c(-n2c(=O)c3ccccc3n3c(SCC(=O)N4c5ccccc5CC4C)nnc23)c1. The normalized spacial score (nSPS) is 15.1. The smallest absolute Gasteiger partial charge is 0.267 e. The maximum absolute atomic E-state index is 13.6. The van der Waals surface area contributed by atoms with Crippen LogP contribution < -0.4 is 10.5 Å². The van der Waals surface area contributed by atoms with E-state index in [1.165, 1.54) is 17.3 Å². The topological polar surface area (TPSA) is 72.5 Å². The second kappa shape index (κ2) is 8.64. The molecule has 6 rings (SSSR count). The Kier molecular flexibility index (Phi) is 5.41. The summed E-state index contributed by atoms with van der Waals surface area (Å²) in [5.41, 5.74) is 5.55. The Hall–Kier alpha value is -3.91. The van der Waals surface area contributed by atoms with Crippen LogP contribution in [0.1, 0.15) is 23.6 Å². The van der Waals surface area contributed by atoms with Gasteiger partial charge in [0.1, 0.15) is 0 Å². The van der Waals surface area contributed by atoms with Crippen molar-refractivity contribution in [1.82, 2.24) is 19.2 Å². The summed E-state index contributed by atoms with van der Waals surface area (Å²) >= 11 is 1.34. The van der Waals surface area contributed by atoms with E-state index >= 15 is 0 Å². The van der Waals surface area contributed by atoms with Crippen LogP contribution in [-0.2, 0) is 11.2 Å². The largest absolute Gasteiger partial charge is 0.308 e. The third kappa shape index (κ3) is 3.52. The standard InChI is InChI=1S/C28H25N5O2S/c1-17-12-13-18(2)24(14-17)32-26(35)21-9-5-7-11-23(21)33-27(32)29-30-28(33)36-16-25(34)31-19(3)15-20-8-4-6-10-22(20)31/h4-14,19H,15-16H2,1-3H3. The number of hydrogen-bond acceptors (Lipinski definition) is 5. The molecule has 0 spiro atoms. The highest BCUT2D eigenvalue weighted by Crippen LogP contribution is 2.33. The molecule has 36 heavy (non-hydrogen) atoms. The first-order valence-electron chi connectivity index (χ1n) is 11.9. The maximum atomic E-state index is 13.6. The molecular formula is C28H25N5O2S. The minimum Gasteiger partial charge on any atom is -0.308 e. The average molecular weight is 496 g/mol. The Morgan fingerprint density at radius 2 is 1.78 bits per heavy atom. The maximum Gasteiger partial charge on any atom is 0.267 e. The first-order chi connectivity index (χ1) is 17.4. The molecule has 0 fully saturated rings. The Morgan fingerprint density at radius 3 is 2.64 bits per heavy atom. The van der Waals surface area contributed by atoms with Crippen LogP contribution in [0.2, 0.25) is 0 Å². The van der Waals surface area contributed by atoms with Gasteiger partial charge in [-0.1, -0.05) is 54.2 Å². The van der Waals surface area contributed by atoms with Gasteiger partial charge in [-0.05, 0) is 68.1 Å². The number of aromatic nitrogens is 4. The second-order valence-corrected chi connectivity index (χ2v) is 10.2. The number of hydrogen-bond donors (Lipinski definition) is 0. The van der Waals surface area contributed by atoms with Gasteiger partial charge in [-0.3, -0.25) is 14.0 Å². The number of aryl methyl sites for hydroxylation is 2. The predicted molar refractivity (Wildman–Crippen MR) is 143 cm³/mol. The van der Waals surface area contributed by atoms with Crippen molar-refractivity contribution in [3.8, 4) is 5.69 Å². The number of amides is 1. The molecule has 0 bridgehead atoms. The fourth-order valence-electron chi connectivity index (χ4n) is 5.09. The van der Waals surface area contributed by atoms with E-state index in [9.17, 15) is 9.59 Å². The monoisotopic (exact) mass is 495 g/mol. The molecule has 1 aliphatic heterocycles. The van der Waals surface area contributed by atoms with E-state index < -0.39 is 0 Å². The van der Waals surface area contributed by atoms with Crippen LogP contribution in [-0.4, -0.2) is 36.9 Å². The number of carbonyl (C=O) groups is 1. The molecule has 180 valence electrons. The van der Waals surface area contributed by atoms with E-state index in [2.05, 4.69) is 23.2 Å². The molecule has 0 N–H and O–H groups in total. The van der Waals surface area contributed by atoms with Crippen molar-refractivity contribution in [2.45, 2.75) is 38.4 Å². The molecule has 1 aliphatic rings. The minimum atomic E-state index is -0.144. The number of benzene rings is 3. The van der Waals surface area contributed by atoms with E-state index in [-0.39, 0.29) is 23.3 Å².